The molecule has 2 aromatic carbocycles. The van der Waals surface area contributed by atoms with Gasteiger partial charge in [-0.15, -0.1) is 0 Å². The molecule has 0 spiro atoms. The van der Waals surface area contributed by atoms with Crippen LogP contribution in [0.25, 0.3) is 10.9 Å². The second-order valence-electron chi connectivity index (χ2n) is 7.59. The van der Waals surface area contributed by atoms with Crippen LogP contribution in [0.15, 0.2) is 48.7 Å². The van der Waals surface area contributed by atoms with Gasteiger partial charge in [-0.25, -0.2) is 0 Å². The van der Waals surface area contributed by atoms with Crippen LogP contribution in [0, 0.1) is 5.92 Å². The van der Waals surface area contributed by atoms with Gasteiger partial charge < -0.3 is 14.6 Å². The smallest absolute Gasteiger partial charge is 0.161 e. The molecule has 3 aromatic rings. The minimum Gasteiger partial charge on any atom is -0.505 e. The van der Waals surface area contributed by atoms with E-state index < -0.39 is 0 Å². The van der Waals surface area contributed by atoms with E-state index in [4.69, 9.17) is 9.47 Å². The van der Waals surface area contributed by atoms with Gasteiger partial charge in [0.05, 0.1) is 14.2 Å². The molecule has 1 aromatic heterocycles. The lowest BCUT2D eigenvalue weighted by Gasteiger charge is -2.21. The van der Waals surface area contributed by atoms with Crippen molar-refractivity contribution in [2.75, 3.05) is 14.2 Å². The van der Waals surface area contributed by atoms with Crippen molar-refractivity contribution in [3.8, 4) is 17.2 Å². The number of hydrogen-bond acceptors (Lipinski definition) is 5. The normalized spacial score (nSPS) is 12.2. The highest BCUT2D eigenvalue weighted by Crippen LogP contribution is 2.40. The number of benzene rings is 2. The molecule has 1 unspecified atom stereocenters. The molecule has 5 heteroatoms. The number of Topliss-reactive ketones (excluding diaryl/α,β-unsaturated/α-hetero) is 1. The summed E-state index contributed by atoms with van der Waals surface area (Å²) in [5.41, 5.74) is 2.10. The number of ketones is 1. The van der Waals surface area contributed by atoms with Gasteiger partial charge in [-0.05, 0) is 29.7 Å². The number of carbonyl (C=O) groups excluding carboxylic acids is 1. The number of pyridine rings is 1. The SMILES string of the molecule is COc1ccc(C(CC(=O)CC(C)C)c2ccc3cccnc3c2O)cc1OC. The highest BCUT2D eigenvalue weighted by molar-refractivity contribution is 5.87. The van der Waals surface area contributed by atoms with Gasteiger partial charge in [-0.1, -0.05) is 38.1 Å². The van der Waals surface area contributed by atoms with Crippen molar-refractivity contribution in [3.05, 3.63) is 59.8 Å². The molecule has 5 nitrogen and oxygen atoms in total. The van der Waals surface area contributed by atoms with E-state index in [0.717, 1.165) is 10.9 Å². The molecule has 0 amide bonds. The number of phenols is 1. The van der Waals surface area contributed by atoms with Crippen molar-refractivity contribution in [3.63, 3.8) is 0 Å². The molecule has 0 aliphatic rings. The number of aromatic nitrogens is 1. The Kier molecular flexibility index (Phi) is 6.37. The van der Waals surface area contributed by atoms with Crippen molar-refractivity contribution >= 4 is 16.7 Å². The van der Waals surface area contributed by atoms with Crippen LogP contribution in [0.1, 0.15) is 43.7 Å². The average molecular weight is 393 g/mol. The van der Waals surface area contributed by atoms with E-state index in [-0.39, 0.29) is 23.4 Å². The van der Waals surface area contributed by atoms with Gasteiger partial charge in [0.25, 0.3) is 0 Å². The topological polar surface area (TPSA) is 68.7 Å². The van der Waals surface area contributed by atoms with Gasteiger partial charge in [-0.2, -0.15) is 0 Å². The summed E-state index contributed by atoms with van der Waals surface area (Å²) in [6.07, 6.45) is 2.44. The van der Waals surface area contributed by atoms with Crippen molar-refractivity contribution < 1.29 is 19.4 Å². The Morgan fingerprint density at radius 3 is 2.48 bits per heavy atom. The zero-order chi connectivity index (χ0) is 21.0. The summed E-state index contributed by atoms with van der Waals surface area (Å²) in [4.78, 5) is 17.0. The zero-order valence-corrected chi connectivity index (χ0v) is 17.3. The fraction of sp³-hybridized carbons (Fsp3) is 0.333. The summed E-state index contributed by atoms with van der Waals surface area (Å²) in [6, 6.07) is 13.2. The van der Waals surface area contributed by atoms with Gasteiger partial charge in [0.15, 0.2) is 11.5 Å². The van der Waals surface area contributed by atoms with E-state index in [0.29, 0.717) is 35.4 Å². The molecule has 29 heavy (non-hydrogen) atoms. The third kappa shape index (κ3) is 4.50. The fourth-order valence-electron chi connectivity index (χ4n) is 3.67. The third-order valence-electron chi connectivity index (χ3n) is 5.03. The number of aromatic hydroxyl groups is 1. The van der Waals surface area contributed by atoms with Crippen LogP contribution >= 0.6 is 0 Å². The van der Waals surface area contributed by atoms with Crippen molar-refractivity contribution in [2.24, 2.45) is 5.92 Å². The van der Waals surface area contributed by atoms with Gasteiger partial charge >= 0.3 is 0 Å². The standard InChI is InChI=1S/C24H27NO4/c1-15(2)12-18(26)14-20(17-8-10-21(28-3)22(13-17)29-4)19-9-7-16-6-5-11-25-23(16)24(19)27/h5-11,13,15,20,27H,12,14H2,1-4H3. The maximum Gasteiger partial charge on any atom is 0.161 e. The quantitative estimate of drug-likeness (QED) is 0.577. The van der Waals surface area contributed by atoms with Crippen LogP contribution < -0.4 is 9.47 Å². The molecule has 1 atom stereocenters. The van der Waals surface area contributed by atoms with Crippen LogP contribution in [0.2, 0.25) is 0 Å². The van der Waals surface area contributed by atoms with Crippen molar-refractivity contribution in [1.29, 1.82) is 0 Å². The van der Waals surface area contributed by atoms with E-state index in [1.165, 1.54) is 0 Å². The number of carbonyl (C=O) groups is 1. The molecule has 0 bridgehead atoms. The van der Waals surface area contributed by atoms with Crippen LogP contribution in [0.5, 0.6) is 17.2 Å². The maximum absolute atomic E-state index is 12.7. The second-order valence-corrected chi connectivity index (χ2v) is 7.59. The molecule has 1 N–H and O–H groups in total. The first-order valence-electron chi connectivity index (χ1n) is 9.74. The van der Waals surface area contributed by atoms with E-state index >= 15 is 0 Å². The van der Waals surface area contributed by atoms with Gasteiger partial charge in [0, 0.05) is 35.9 Å². The highest BCUT2D eigenvalue weighted by atomic mass is 16.5. The molecule has 0 fully saturated rings. The Balaban J connectivity index is 2.11. The Morgan fingerprint density at radius 1 is 1.03 bits per heavy atom. The summed E-state index contributed by atoms with van der Waals surface area (Å²) in [5.74, 6) is 1.44. The first-order valence-corrected chi connectivity index (χ1v) is 9.74. The first kappa shape index (κ1) is 20.6. The van der Waals surface area contributed by atoms with E-state index in [2.05, 4.69) is 4.98 Å². The lowest BCUT2D eigenvalue weighted by Crippen LogP contribution is -2.11. The Bertz CT molecular complexity index is 1010. The third-order valence-corrected chi connectivity index (χ3v) is 5.03. The molecule has 152 valence electrons. The first-order chi connectivity index (χ1) is 13.9. The number of rotatable bonds is 8. The highest BCUT2D eigenvalue weighted by Gasteiger charge is 2.24. The molecule has 0 saturated heterocycles. The minimum absolute atomic E-state index is 0.111. The molecular weight excluding hydrogens is 366 g/mol. The zero-order valence-electron chi connectivity index (χ0n) is 17.3. The Morgan fingerprint density at radius 2 is 1.79 bits per heavy atom. The lowest BCUT2D eigenvalue weighted by molar-refractivity contribution is -0.119. The van der Waals surface area contributed by atoms with Crippen LogP contribution in [0.3, 0.4) is 0 Å². The second kappa shape index (κ2) is 8.95. The lowest BCUT2D eigenvalue weighted by atomic mass is 9.84. The Hall–Kier alpha value is -3.08. The number of hydrogen-bond donors (Lipinski definition) is 1. The van der Waals surface area contributed by atoms with E-state index in [9.17, 15) is 9.90 Å². The fourth-order valence-corrected chi connectivity index (χ4v) is 3.67. The molecule has 1 heterocycles. The van der Waals surface area contributed by atoms with Gasteiger partial charge in [0.2, 0.25) is 0 Å². The molecule has 0 radical (unpaired) electrons. The summed E-state index contributed by atoms with van der Waals surface area (Å²) in [7, 11) is 3.17. The molecule has 0 aliphatic heterocycles. The van der Waals surface area contributed by atoms with E-state index in [1.807, 2.05) is 56.3 Å². The van der Waals surface area contributed by atoms with Crippen LogP contribution in [0.4, 0.5) is 0 Å². The minimum atomic E-state index is -0.313. The van der Waals surface area contributed by atoms with Crippen molar-refractivity contribution in [2.45, 2.75) is 32.6 Å². The largest absolute Gasteiger partial charge is 0.505 e. The molecule has 0 aliphatic carbocycles. The number of nitrogens with zero attached hydrogens (tertiary/aromatic N) is 1. The number of fused-ring (bicyclic) bond motifs is 1. The predicted octanol–water partition coefficient (Wildman–Crippen LogP) is 5.09. The summed E-state index contributed by atoms with van der Waals surface area (Å²) in [6.45, 7) is 4.06. The summed E-state index contributed by atoms with van der Waals surface area (Å²) < 4.78 is 10.8. The Labute approximate surface area is 171 Å². The average Bonchev–Trinajstić information content (AvgIpc) is 2.72. The number of phenolic OH excluding ortho intramolecular Hbond substituents is 1. The summed E-state index contributed by atoms with van der Waals surface area (Å²) in [5, 5.41) is 11.8. The van der Waals surface area contributed by atoms with Gasteiger partial charge in [-0.3, -0.25) is 9.78 Å². The van der Waals surface area contributed by atoms with Crippen molar-refractivity contribution in [1.82, 2.24) is 4.98 Å². The number of methoxy groups -OCH3 is 2. The maximum atomic E-state index is 12.7. The van der Waals surface area contributed by atoms with E-state index in [1.54, 1.807) is 20.4 Å². The van der Waals surface area contributed by atoms with Crippen LogP contribution in [-0.2, 0) is 4.79 Å². The molecule has 3 rings (SSSR count). The molecular formula is C24H27NO4. The van der Waals surface area contributed by atoms with Crippen LogP contribution in [-0.4, -0.2) is 30.1 Å². The number of ether oxygens (including phenoxy) is 2. The van der Waals surface area contributed by atoms with Gasteiger partial charge in [0.1, 0.15) is 17.0 Å². The predicted molar refractivity (Wildman–Crippen MR) is 114 cm³/mol. The summed E-state index contributed by atoms with van der Waals surface area (Å²) >= 11 is 0. The monoisotopic (exact) mass is 393 g/mol. The molecule has 0 saturated carbocycles.